The first-order valence-corrected chi connectivity index (χ1v) is 4.63. The van der Waals surface area contributed by atoms with Crippen LogP contribution < -0.4 is 0 Å². The summed E-state index contributed by atoms with van der Waals surface area (Å²) in [5, 5.41) is 0. The Morgan fingerprint density at radius 3 is 2.21 bits per heavy atom. The highest BCUT2D eigenvalue weighted by molar-refractivity contribution is 6.17. The van der Waals surface area contributed by atoms with Crippen LogP contribution in [-0.2, 0) is 12.1 Å². The lowest BCUT2D eigenvalue weighted by atomic mass is 9.98. The van der Waals surface area contributed by atoms with Crippen molar-refractivity contribution >= 4 is 11.6 Å². The summed E-state index contributed by atoms with van der Waals surface area (Å²) in [5.41, 5.74) is 0.441. The Labute approximate surface area is 85.7 Å². The van der Waals surface area contributed by atoms with Crippen LogP contribution in [-0.4, -0.2) is 0 Å². The quantitative estimate of drug-likeness (QED) is 0.629. The first kappa shape index (κ1) is 11.4. The van der Waals surface area contributed by atoms with Crippen molar-refractivity contribution in [2.75, 3.05) is 0 Å². The van der Waals surface area contributed by atoms with E-state index in [4.69, 9.17) is 11.6 Å². The summed E-state index contributed by atoms with van der Waals surface area (Å²) in [7, 11) is 0. The molecule has 0 amide bonds. The normalized spacial score (nSPS) is 11.9. The molecule has 0 aliphatic rings. The van der Waals surface area contributed by atoms with Crippen molar-refractivity contribution in [3.63, 3.8) is 0 Å². The van der Waals surface area contributed by atoms with Crippen LogP contribution in [0.5, 0.6) is 0 Å². The Balaban J connectivity index is 3.44. The summed E-state index contributed by atoms with van der Waals surface area (Å²) in [6.07, 6.45) is -4.32. The fourth-order valence-corrected chi connectivity index (χ4v) is 1.60. The summed E-state index contributed by atoms with van der Waals surface area (Å²) in [6, 6.07) is 3.08. The van der Waals surface area contributed by atoms with Gasteiger partial charge in [0.1, 0.15) is 0 Å². The molecule has 0 saturated heterocycles. The van der Waals surface area contributed by atoms with Crippen molar-refractivity contribution in [2.24, 2.45) is 0 Å². The fourth-order valence-electron chi connectivity index (χ4n) is 1.38. The van der Waals surface area contributed by atoms with Gasteiger partial charge in [-0.1, -0.05) is 12.1 Å². The number of rotatable bonds is 1. The van der Waals surface area contributed by atoms with Crippen molar-refractivity contribution in [2.45, 2.75) is 25.9 Å². The third-order valence-electron chi connectivity index (χ3n) is 2.25. The molecule has 0 aromatic heterocycles. The van der Waals surface area contributed by atoms with Gasteiger partial charge in [-0.2, -0.15) is 13.2 Å². The molecule has 1 aromatic carbocycles. The SMILES string of the molecule is Cc1ccc(CCl)c(C(F)(F)F)c1C. The highest BCUT2D eigenvalue weighted by Crippen LogP contribution is 2.36. The molecule has 0 radical (unpaired) electrons. The van der Waals surface area contributed by atoms with Crippen LogP contribution in [0.25, 0.3) is 0 Å². The van der Waals surface area contributed by atoms with Crippen molar-refractivity contribution in [3.8, 4) is 0 Å². The topological polar surface area (TPSA) is 0 Å². The first-order chi connectivity index (χ1) is 6.38. The monoisotopic (exact) mass is 222 g/mol. The van der Waals surface area contributed by atoms with Crippen LogP contribution in [0.4, 0.5) is 13.2 Å². The zero-order chi connectivity index (χ0) is 10.9. The van der Waals surface area contributed by atoms with E-state index in [0.717, 1.165) is 0 Å². The van der Waals surface area contributed by atoms with Crippen LogP contribution in [0.1, 0.15) is 22.3 Å². The van der Waals surface area contributed by atoms with Crippen LogP contribution in [0.3, 0.4) is 0 Å². The predicted octanol–water partition coefficient (Wildman–Crippen LogP) is 4.06. The number of alkyl halides is 4. The summed E-state index contributed by atoms with van der Waals surface area (Å²) >= 11 is 5.46. The smallest absolute Gasteiger partial charge is 0.166 e. The van der Waals surface area contributed by atoms with Gasteiger partial charge in [0, 0.05) is 5.88 Å². The molecule has 0 fully saturated rings. The van der Waals surface area contributed by atoms with Gasteiger partial charge in [-0.15, -0.1) is 11.6 Å². The molecule has 1 rings (SSSR count). The summed E-state index contributed by atoms with van der Waals surface area (Å²) in [5.74, 6) is -0.115. The molecular formula is C10H10ClF3. The largest absolute Gasteiger partial charge is 0.416 e. The van der Waals surface area contributed by atoms with Crippen molar-refractivity contribution < 1.29 is 13.2 Å². The molecular weight excluding hydrogens is 213 g/mol. The molecule has 0 spiro atoms. The Bertz CT molecular complexity index is 342. The van der Waals surface area contributed by atoms with Gasteiger partial charge in [-0.3, -0.25) is 0 Å². The molecule has 0 bridgehead atoms. The number of aryl methyl sites for hydroxylation is 1. The van der Waals surface area contributed by atoms with E-state index in [1.54, 1.807) is 13.0 Å². The molecule has 0 aliphatic heterocycles. The van der Waals surface area contributed by atoms with Crippen molar-refractivity contribution in [1.82, 2.24) is 0 Å². The predicted molar refractivity (Wildman–Crippen MR) is 50.5 cm³/mol. The van der Waals surface area contributed by atoms with E-state index in [9.17, 15) is 13.2 Å². The van der Waals surface area contributed by atoms with E-state index in [1.807, 2.05) is 0 Å². The van der Waals surface area contributed by atoms with E-state index < -0.39 is 11.7 Å². The van der Waals surface area contributed by atoms with Crippen molar-refractivity contribution in [1.29, 1.82) is 0 Å². The zero-order valence-electron chi connectivity index (χ0n) is 7.87. The second-order valence-electron chi connectivity index (χ2n) is 3.17. The molecule has 14 heavy (non-hydrogen) atoms. The Morgan fingerprint density at radius 1 is 1.21 bits per heavy atom. The average Bonchev–Trinajstić information content (AvgIpc) is 2.07. The lowest BCUT2D eigenvalue weighted by Gasteiger charge is -2.15. The van der Waals surface area contributed by atoms with Gasteiger partial charge in [0.05, 0.1) is 5.56 Å². The minimum absolute atomic E-state index is 0.115. The van der Waals surface area contributed by atoms with E-state index in [0.29, 0.717) is 5.56 Å². The second-order valence-corrected chi connectivity index (χ2v) is 3.44. The van der Waals surface area contributed by atoms with E-state index in [1.165, 1.54) is 13.0 Å². The lowest BCUT2D eigenvalue weighted by Crippen LogP contribution is -2.11. The molecule has 0 saturated carbocycles. The molecule has 4 heteroatoms. The Kier molecular flexibility index (Phi) is 3.10. The molecule has 0 unspecified atom stereocenters. The summed E-state index contributed by atoms with van der Waals surface area (Å²) < 4.78 is 37.9. The van der Waals surface area contributed by atoms with Crippen LogP contribution in [0.15, 0.2) is 12.1 Å². The second kappa shape index (κ2) is 3.81. The standard InChI is InChI=1S/C10H10ClF3/c1-6-3-4-8(5-11)9(7(6)2)10(12,13)14/h3-4H,5H2,1-2H3. The molecule has 0 atom stereocenters. The number of hydrogen-bond acceptors (Lipinski definition) is 0. The molecule has 78 valence electrons. The zero-order valence-corrected chi connectivity index (χ0v) is 8.63. The first-order valence-electron chi connectivity index (χ1n) is 4.10. The van der Waals surface area contributed by atoms with E-state index >= 15 is 0 Å². The van der Waals surface area contributed by atoms with Gasteiger partial charge >= 0.3 is 6.18 Å². The maximum Gasteiger partial charge on any atom is 0.416 e. The van der Waals surface area contributed by atoms with Gasteiger partial charge in [0.25, 0.3) is 0 Å². The van der Waals surface area contributed by atoms with Crippen LogP contribution in [0, 0.1) is 13.8 Å². The minimum atomic E-state index is -4.32. The third-order valence-corrected chi connectivity index (χ3v) is 2.54. The molecule has 0 aliphatic carbocycles. The number of benzene rings is 1. The van der Waals surface area contributed by atoms with Gasteiger partial charge in [-0.25, -0.2) is 0 Å². The van der Waals surface area contributed by atoms with Crippen molar-refractivity contribution in [3.05, 3.63) is 34.4 Å². The lowest BCUT2D eigenvalue weighted by molar-refractivity contribution is -0.138. The summed E-state index contributed by atoms with van der Waals surface area (Å²) in [6.45, 7) is 3.12. The molecule has 0 nitrogen and oxygen atoms in total. The number of halogens is 4. The maximum absolute atomic E-state index is 12.6. The molecule has 0 heterocycles. The maximum atomic E-state index is 12.6. The van der Waals surface area contributed by atoms with E-state index in [-0.39, 0.29) is 17.0 Å². The minimum Gasteiger partial charge on any atom is -0.166 e. The van der Waals surface area contributed by atoms with Gasteiger partial charge < -0.3 is 0 Å². The van der Waals surface area contributed by atoms with Gasteiger partial charge in [0.15, 0.2) is 0 Å². The highest BCUT2D eigenvalue weighted by Gasteiger charge is 2.35. The van der Waals surface area contributed by atoms with Crippen LogP contribution in [0.2, 0.25) is 0 Å². The fraction of sp³-hybridized carbons (Fsp3) is 0.400. The molecule has 0 N–H and O–H groups in total. The summed E-state index contributed by atoms with van der Waals surface area (Å²) in [4.78, 5) is 0. The number of hydrogen-bond donors (Lipinski definition) is 0. The average molecular weight is 223 g/mol. The van der Waals surface area contributed by atoms with Crippen LogP contribution >= 0.6 is 11.6 Å². The highest BCUT2D eigenvalue weighted by atomic mass is 35.5. The molecule has 1 aromatic rings. The Hall–Kier alpha value is -0.700. The third kappa shape index (κ3) is 2.03. The van der Waals surface area contributed by atoms with E-state index in [2.05, 4.69) is 0 Å². The Morgan fingerprint density at radius 2 is 1.79 bits per heavy atom. The van der Waals surface area contributed by atoms with Gasteiger partial charge in [-0.05, 0) is 30.5 Å². The van der Waals surface area contributed by atoms with Gasteiger partial charge in [0.2, 0.25) is 0 Å².